The first-order valence-electron chi connectivity index (χ1n) is 8.38. The van der Waals surface area contributed by atoms with Crippen LogP contribution in [0.3, 0.4) is 0 Å². The minimum Gasteiger partial charge on any atom is -0.326 e. The van der Waals surface area contributed by atoms with Gasteiger partial charge in [-0.05, 0) is 48.5 Å². The molecule has 0 spiro atoms. The van der Waals surface area contributed by atoms with Crippen molar-refractivity contribution in [3.05, 3.63) is 54.3 Å². The summed E-state index contributed by atoms with van der Waals surface area (Å²) < 4.78 is 14.7. The maximum Gasteiger partial charge on any atom is 0.234 e. The number of anilines is 2. The van der Waals surface area contributed by atoms with Crippen LogP contribution in [0.5, 0.6) is 0 Å². The van der Waals surface area contributed by atoms with E-state index in [0.29, 0.717) is 22.4 Å². The standard InChI is InChI=1S/C19H18FN5O2S/c1-12(26)21-15-7-3-13(4-8-15)18-23-24-19(25(18)2)28-11-17(27)22-16-9-5-14(20)6-10-16/h3-10H,11H2,1-2H3,(H,21,26)(H,22,27). The Morgan fingerprint density at radius 3 is 2.25 bits per heavy atom. The maximum atomic E-state index is 12.9. The van der Waals surface area contributed by atoms with E-state index < -0.39 is 0 Å². The summed E-state index contributed by atoms with van der Waals surface area (Å²) in [5, 5.41) is 14.3. The Kier molecular flexibility index (Phi) is 6.05. The van der Waals surface area contributed by atoms with Crippen molar-refractivity contribution in [3.63, 3.8) is 0 Å². The molecular weight excluding hydrogens is 381 g/mol. The molecule has 2 N–H and O–H groups in total. The number of carbonyl (C=O) groups is 2. The number of nitrogens with zero attached hydrogens (tertiary/aromatic N) is 3. The number of rotatable bonds is 6. The van der Waals surface area contributed by atoms with Gasteiger partial charge in [0.1, 0.15) is 5.82 Å². The fourth-order valence-corrected chi connectivity index (χ4v) is 3.17. The van der Waals surface area contributed by atoms with E-state index in [9.17, 15) is 14.0 Å². The second-order valence-corrected chi connectivity index (χ2v) is 6.91. The fourth-order valence-electron chi connectivity index (χ4n) is 2.46. The summed E-state index contributed by atoms with van der Waals surface area (Å²) in [6.45, 7) is 1.45. The molecule has 0 saturated carbocycles. The molecule has 28 heavy (non-hydrogen) atoms. The Labute approximate surface area is 165 Å². The van der Waals surface area contributed by atoms with Crippen LogP contribution in [-0.4, -0.2) is 32.3 Å². The van der Waals surface area contributed by atoms with Gasteiger partial charge in [0, 0.05) is 30.9 Å². The number of thioether (sulfide) groups is 1. The van der Waals surface area contributed by atoms with Crippen molar-refractivity contribution in [1.82, 2.24) is 14.8 Å². The van der Waals surface area contributed by atoms with Crippen LogP contribution in [0.25, 0.3) is 11.4 Å². The van der Waals surface area contributed by atoms with Crippen molar-refractivity contribution in [1.29, 1.82) is 0 Å². The third-order valence-corrected chi connectivity index (χ3v) is 4.78. The van der Waals surface area contributed by atoms with E-state index >= 15 is 0 Å². The number of nitrogens with one attached hydrogen (secondary N) is 2. The molecule has 7 nitrogen and oxygen atoms in total. The molecule has 1 heterocycles. The minimum absolute atomic E-state index is 0.135. The van der Waals surface area contributed by atoms with E-state index in [1.54, 1.807) is 16.7 Å². The number of hydrogen-bond donors (Lipinski definition) is 2. The van der Waals surface area contributed by atoms with Crippen LogP contribution in [0.4, 0.5) is 15.8 Å². The van der Waals surface area contributed by atoms with Crippen molar-refractivity contribution in [3.8, 4) is 11.4 Å². The van der Waals surface area contributed by atoms with Crippen molar-refractivity contribution < 1.29 is 14.0 Å². The third kappa shape index (κ3) is 4.95. The van der Waals surface area contributed by atoms with Crippen molar-refractivity contribution >= 4 is 35.0 Å². The SMILES string of the molecule is CC(=O)Nc1ccc(-c2nnc(SCC(=O)Nc3ccc(F)cc3)n2C)cc1. The van der Waals surface area contributed by atoms with Crippen LogP contribution in [0.15, 0.2) is 53.7 Å². The van der Waals surface area contributed by atoms with E-state index in [1.807, 2.05) is 19.2 Å². The molecule has 9 heteroatoms. The molecule has 0 radical (unpaired) electrons. The van der Waals surface area contributed by atoms with E-state index in [0.717, 1.165) is 5.56 Å². The number of hydrogen-bond acceptors (Lipinski definition) is 5. The van der Waals surface area contributed by atoms with Gasteiger partial charge in [0.15, 0.2) is 11.0 Å². The summed E-state index contributed by atoms with van der Waals surface area (Å²) in [5.74, 6) is 0.0786. The summed E-state index contributed by atoms with van der Waals surface area (Å²) in [7, 11) is 1.82. The van der Waals surface area contributed by atoms with Gasteiger partial charge in [-0.1, -0.05) is 11.8 Å². The Bertz CT molecular complexity index is 987. The number of amides is 2. The molecule has 144 valence electrons. The zero-order chi connectivity index (χ0) is 20.1. The highest BCUT2D eigenvalue weighted by Crippen LogP contribution is 2.24. The van der Waals surface area contributed by atoms with Crippen LogP contribution < -0.4 is 10.6 Å². The van der Waals surface area contributed by atoms with E-state index in [-0.39, 0.29) is 23.4 Å². The average Bonchev–Trinajstić information content (AvgIpc) is 3.03. The zero-order valence-electron chi connectivity index (χ0n) is 15.3. The van der Waals surface area contributed by atoms with Gasteiger partial charge in [-0.2, -0.15) is 0 Å². The highest BCUT2D eigenvalue weighted by atomic mass is 32.2. The third-order valence-electron chi connectivity index (χ3n) is 3.76. The van der Waals surface area contributed by atoms with Gasteiger partial charge in [-0.25, -0.2) is 4.39 Å². The first-order chi connectivity index (χ1) is 13.4. The highest BCUT2D eigenvalue weighted by molar-refractivity contribution is 7.99. The fraction of sp³-hybridized carbons (Fsp3) is 0.158. The summed E-state index contributed by atoms with van der Waals surface area (Å²) in [5.41, 5.74) is 2.07. The van der Waals surface area contributed by atoms with E-state index in [4.69, 9.17) is 0 Å². The molecule has 0 fully saturated rings. The van der Waals surface area contributed by atoms with Gasteiger partial charge in [0.05, 0.1) is 5.75 Å². The van der Waals surface area contributed by atoms with Gasteiger partial charge in [0.25, 0.3) is 0 Å². The van der Waals surface area contributed by atoms with E-state index in [1.165, 1.54) is 43.0 Å². The maximum absolute atomic E-state index is 12.9. The number of halogens is 1. The van der Waals surface area contributed by atoms with Gasteiger partial charge in [-0.15, -0.1) is 10.2 Å². The van der Waals surface area contributed by atoms with Crippen LogP contribution in [0, 0.1) is 5.82 Å². The lowest BCUT2D eigenvalue weighted by Crippen LogP contribution is -2.14. The molecule has 0 atom stereocenters. The van der Waals surface area contributed by atoms with Gasteiger partial charge in [-0.3, -0.25) is 9.59 Å². The summed E-state index contributed by atoms with van der Waals surface area (Å²) >= 11 is 1.25. The molecular formula is C19H18FN5O2S. The van der Waals surface area contributed by atoms with Crippen LogP contribution in [-0.2, 0) is 16.6 Å². The second-order valence-electron chi connectivity index (χ2n) is 5.97. The summed E-state index contributed by atoms with van der Waals surface area (Å²) in [6.07, 6.45) is 0. The van der Waals surface area contributed by atoms with Crippen LogP contribution in [0.2, 0.25) is 0 Å². The molecule has 0 saturated heterocycles. The molecule has 0 aliphatic carbocycles. The van der Waals surface area contributed by atoms with E-state index in [2.05, 4.69) is 20.8 Å². The lowest BCUT2D eigenvalue weighted by Gasteiger charge is -2.06. The molecule has 0 bridgehead atoms. The Hall–Kier alpha value is -3.20. The Balaban J connectivity index is 1.62. The van der Waals surface area contributed by atoms with Crippen molar-refractivity contribution in [2.24, 2.45) is 7.05 Å². The van der Waals surface area contributed by atoms with Crippen molar-refractivity contribution in [2.45, 2.75) is 12.1 Å². The van der Waals surface area contributed by atoms with Gasteiger partial charge < -0.3 is 15.2 Å². The minimum atomic E-state index is -0.357. The summed E-state index contributed by atoms with van der Waals surface area (Å²) in [6, 6.07) is 12.8. The first kappa shape index (κ1) is 19.6. The van der Waals surface area contributed by atoms with Crippen molar-refractivity contribution in [2.75, 3.05) is 16.4 Å². The largest absolute Gasteiger partial charge is 0.326 e. The normalized spacial score (nSPS) is 10.5. The number of carbonyl (C=O) groups excluding carboxylic acids is 2. The molecule has 3 rings (SSSR count). The summed E-state index contributed by atoms with van der Waals surface area (Å²) in [4.78, 5) is 23.2. The lowest BCUT2D eigenvalue weighted by atomic mass is 10.2. The van der Waals surface area contributed by atoms with Crippen LogP contribution >= 0.6 is 11.8 Å². The molecule has 2 aromatic carbocycles. The highest BCUT2D eigenvalue weighted by Gasteiger charge is 2.13. The lowest BCUT2D eigenvalue weighted by molar-refractivity contribution is -0.114. The molecule has 0 aliphatic rings. The Morgan fingerprint density at radius 2 is 1.61 bits per heavy atom. The predicted octanol–water partition coefficient (Wildman–Crippen LogP) is 3.31. The monoisotopic (exact) mass is 399 g/mol. The number of benzene rings is 2. The smallest absolute Gasteiger partial charge is 0.234 e. The van der Waals surface area contributed by atoms with Crippen LogP contribution in [0.1, 0.15) is 6.92 Å². The van der Waals surface area contributed by atoms with Gasteiger partial charge >= 0.3 is 0 Å². The molecule has 1 aromatic heterocycles. The average molecular weight is 399 g/mol. The predicted molar refractivity (Wildman–Crippen MR) is 106 cm³/mol. The Morgan fingerprint density at radius 1 is 1.00 bits per heavy atom. The molecule has 0 unspecified atom stereocenters. The quantitative estimate of drug-likeness (QED) is 0.621. The molecule has 0 aliphatic heterocycles. The van der Waals surface area contributed by atoms with Gasteiger partial charge in [0.2, 0.25) is 11.8 Å². The topological polar surface area (TPSA) is 88.9 Å². The zero-order valence-corrected chi connectivity index (χ0v) is 16.1. The second kappa shape index (κ2) is 8.66. The molecule has 3 aromatic rings. The first-order valence-corrected chi connectivity index (χ1v) is 9.36. The number of aromatic nitrogens is 3. The molecule has 2 amide bonds.